The number of carbonyl (C=O) groups excluding carboxylic acids is 2. The summed E-state index contributed by atoms with van der Waals surface area (Å²) in [6.45, 7) is 1.96. The summed E-state index contributed by atoms with van der Waals surface area (Å²) < 4.78 is 28.5. The van der Waals surface area contributed by atoms with Crippen molar-refractivity contribution in [3.8, 4) is 11.5 Å². The molecule has 164 valence electrons. The van der Waals surface area contributed by atoms with E-state index in [9.17, 15) is 14.0 Å². The number of carbonyl (C=O) groups is 2. The van der Waals surface area contributed by atoms with Crippen LogP contribution in [0.1, 0.15) is 5.56 Å². The minimum absolute atomic E-state index is 0.244. The Balaban J connectivity index is 1.45. The lowest BCUT2D eigenvalue weighted by Crippen LogP contribution is -2.49. The first-order valence-electron chi connectivity index (χ1n) is 9.85. The summed E-state index contributed by atoms with van der Waals surface area (Å²) in [4.78, 5) is 28.1. The van der Waals surface area contributed by atoms with E-state index in [1.165, 1.54) is 25.3 Å². The number of hydrogen-bond donors (Lipinski definition) is 0. The first-order valence-corrected chi connectivity index (χ1v) is 9.85. The Labute approximate surface area is 180 Å². The molecule has 31 heavy (non-hydrogen) atoms. The first-order chi connectivity index (χ1) is 15.0. The van der Waals surface area contributed by atoms with Crippen LogP contribution in [0.3, 0.4) is 0 Å². The molecular formula is C23H25FN2O5. The zero-order valence-corrected chi connectivity index (χ0v) is 17.5. The van der Waals surface area contributed by atoms with Gasteiger partial charge in [-0.3, -0.25) is 4.79 Å². The lowest BCUT2D eigenvalue weighted by Gasteiger charge is -2.36. The van der Waals surface area contributed by atoms with Crippen molar-refractivity contribution in [2.75, 3.05) is 51.9 Å². The minimum Gasteiger partial charge on any atom is -0.493 e. The number of benzene rings is 2. The van der Waals surface area contributed by atoms with Gasteiger partial charge in [0.05, 0.1) is 14.2 Å². The lowest BCUT2D eigenvalue weighted by atomic mass is 10.2. The van der Waals surface area contributed by atoms with Gasteiger partial charge in [-0.15, -0.1) is 0 Å². The van der Waals surface area contributed by atoms with Gasteiger partial charge in [-0.25, -0.2) is 9.18 Å². The normalized spacial score (nSPS) is 13.9. The van der Waals surface area contributed by atoms with E-state index in [1.54, 1.807) is 48.4 Å². The van der Waals surface area contributed by atoms with Gasteiger partial charge in [-0.2, -0.15) is 0 Å². The zero-order chi connectivity index (χ0) is 22.2. The van der Waals surface area contributed by atoms with E-state index in [4.69, 9.17) is 14.2 Å². The van der Waals surface area contributed by atoms with E-state index < -0.39 is 5.97 Å². The highest BCUT2D eigenvalue weighted by Gasteiger charge is 2.22. The van der Waals surface area contributed by atoms with Gasteiger partial charge in [0.1, 0.15) is 5.82 Å². The van der Waals surface area contributed by atoms with Crippen molar-refractivity contribution in [3.05, 3.63) is 59.9 Å². The van der Waals surface area contributed by atoms with Gasteiger partial charge in [0.2, 0.25) is 0 Å². The number of methoxy groups -OCH3 is 2. The fourth-order valence-corrected chi connectivity index (χ4v) is 3.26. The summed E-state index contributed by atoms with van der Waals surface area (Å²) >= 11 is 0. The number of anilines is 1. The maximum atomic E-state index is 13.1. The van der Waals surface area contributed by atoms with Crippen molar-refractivity contribution in [1.29, 1.82) is 0 Å². The van der Waals surface area contributed by atoms with Crippen LogP contribution in [0.5, 0.6) is 11.5 Å². The number of esters is 1. The number of amides is 1. The highest BCUT2D eigenvalue weighted by Crippen LogP contribution is 2.28. The van der Waals surface area contributed by atoms with E-state index in [-0.39, 0.29) is 18.3 Å². The maximum Gasteiger partial charge on any atom is 0.331 e. The molecule has 0 N–H and O–H groups in total. The zero-order valence-electron chi connectivity index (χ0n) is 17.5. The molecule has 1 heterocycles. The Morgan fingerprint density at radius 3 is 2.29 bits per heavy atom. The molecule has 0 atom stereocenters. The topological polar surface area (TPSA) is 68.3 Å². The van der Waals surface area contributed by atoms with Gasteiger partial charge in [0.15, 0.2) is 18.1 Å². The molecule has 3 rings (SSSR count). The summed E-state index contributed by atoms with van der Waals surface area (Å²) in [5.74, 6) is 0.0135. The SMILES string of the molecule is COc1ccc(C=CC(=O)OCC(=O)N2CCN(c3ccc(F)cc3)CC2)cc1OC. The molecule has 0 bridgehead atoms. The van der Waals surface area contributed by atoms with Crippen LogP contribution >= 0.6 is 0 Å². The molecule has 2 aromatic rings. The quantitative estimate of drug-likeness (QED) is 0.499. The molecular weight excluding hydrogens is 403 g/mol. The summed E-state index contributed by atoms with van der Waals surface area (Å²) in [5.41, 5.74) is 1.65. The molecule has 0 aromatic heterocycles. The van der Waals surface area contributed by atoms with Crippen molar-refractivity contribution < 1.29 is 28.2 Å². The average molecular weight is 428 g/mol. The van der Waals surface area contributed by atoms with E-state index in [2.05, 4.69) is 4.90 Å². The van der Waals surface area contributed by atoms with E-state index in [0.717, 1.165) is 11.3 Å². The molecule has 7 nitrogen and oxygen atoms in total. The Morgan fingerprint density at radius 2 is 1.65 bits per heavy atom. The fourth-order valence-electron chi connectivity index (χ4n) is 3.26. The molecule has 0 unspecified atom stereocenters. The van der Waals surface area contributed by atoms with Gasteiger partial charge < -0.3 is 24.0 Å². The molecule has 0 radical (unpaired) electrons. The van der Waals surface area contributed by atoms with Gasteiger partial charge in [0, 0.05) is 37.9 Å². The molecule has 2 aromatic carbocycles. The second-order valence-corrected chi connectivity index (χ2v) is 6.90. The van der Waals surface area contributed by atoms with Gasteiger partial charge in [-0.1, -0.05) is 6.07 Å². The van der Waals surface area contributed by atoms with E-state index in [0.29, 0.717) is 37.7 Å². The number of halogens is 1. The van der Waals surface area contributed by atoms with Crippen LogP contribution in [0, 0.1) is 5.82 Å². The monoisotopic (exact) mass is 428 g/mol. The van der Waals surface area contributed by atoms with Crippen LogP contribution in [0.2, 0.25) is 0 Å². The summed E-state index contributed by atoms with van der Waals surface area (Å²) in [6, 6.07) is 11.5. The van der Waals surface area contributed by atoms with Gasteiger partial charge in [0.25, 0.3) is 5.91 Å². The van der Waals surface area contributed by atoms with Gasteiger partial charge in [-0.05, 0) is 48.0 Å². The Bertz CT molecular complexity index is 937. The Morgan fingerprint density at radius 1 is 0.968 bits per heavy atom. The number of nitrogens with zero attached hydrogens (tertiary/aromatic N) is 2. The second kappa shape index (κ2) is 10.5. The Kier molecular flexibility index (Phi) is 7.48. The predicted octanol–water partition coefficient (Wildman–Crippen LogP) is 2.75. The van der Waals surface area contributed by atoms with Crippen molar-refractivity contribution in [3.63, 3.8) is 0 Å². The van der Waals surface area contributed by atoms with Crippen LogP contribution in [0.25, 0.3) is 6.08 Å². The molecule has 1 amide bonds. The third-order valence-electron chi connectivity index (χ3n) is 4.98. The van der Waals surface area contributed by atoms with E-state index >= 15 is 0 Å². The molecule has 0 saturated carbocycles. The fraction of sp³-hybridized carbons (Fsp3) is 0.304. The van der Waals surface area contributed by atoms with E-state index in [1.807, 2.05) is 0 Å². The molecule has 8 heteroatoms. The van der Waals surface area contributed by atoms with Crippen LogP contribution in [0.4, 0.5) is 10.1 Å². The van der Waals surface area contributed by atoms with Crippen LogP contribution in [-0.4, -0.2) is 63.8 Å². The average Bonchev–Trinajstić information content (AvgIpc) is 2.81. The summed E-state index contributed by atoms with van der Waals surface area (Å²) in [7, 11) is 3.08. The van der Waals surface area contributed by atoms with Crippen molar-refractivity contribution in [2.24, 2.45) is 0 Å². The first kappa shape index (κ1) is 22.1. The largest absolute Gasteiger partial charge is 0.493 e. The van der Waals surface area contributed by atoms with Crippen molar-refractivity contribution >= 4 is 23.6 Å². The minimum atomic E-state index is -0.604. The predicted molar refractivity (Wildman–Crippen MR) is 115 cm³/mol. The molecule has 1 aliphatic heterocycles. The number of rotatable bonds is 7. The summed E-state index contributed by atoms with van der Waals surface area (Å²) in [6.07, 6.45) is 2.84. The molecule has 1 saturated heterocycles. The molecule has 0 aliphatic carbocycles. The van der Waals surface area contributed by atoms with Gasteiger partial charge >= 0.3 is 5.97 Å². The van der Waals surface area contributed by atoms with Crippen LogP contribution in [0.15, 0.2) is 48.5 Å². The third kappa shape index (κ3) is 5.97. The van der Waals surface area contributed by atoms with Crippen LogP contribution < -0.4 is 14.4 Å². The molecule has 1 fully saturated rings. The number of hydrogen-bond acceptors (Lipinski definition) is 6. The maximum absolute atomic E-state index is 13.1. The highest BCUT2D eigenvalue weighted by atomic mass is 19.1. The van der Waals surface area contributed by atoms with Crippen LogP contribution in [-0.2, 0) is 14.3 Å². The molecule has 0 spiro atoms. The number of piperazine rings is 1. The standard InChI is InChI=1S/C23H25FN2O5/c1-29-20-9-3-17(15-21(20)30-2)4-10-23(28)31-16-22(27)26-13-11-25(12-14-26)19-7-5-18(24)6-8-19/h3-10,15H,11-14,16H2,1-2H3. The highest BCUT2D eigenvalue weighted by molar-refractivity contribution is 5.89. The van der Waals surface area contributed by atoms with Crippen molar-refractivity contribution in [1.82, 2.24) is 4.90 Å². The number of ether oxygens (including phenoxy) is 3. The Hall–Kier alpha value is -3.55. The smallest absolute Gasteiger partial charge is 0.331 e. The third-order valence-corrected chi connectivity index (χ3v) is 4.98. The van der Waals surface area contributed by atoms with Crippen molar-refractivity contribution in [2.45, 2.75) is 0 Å². The molecule has 1 aliphatic rings. The second-order valence-electron chi connectivity index (χ2n) is 6.90. The summed E-state index contributed by atoms with van der Waals surface area (Å²) in [5, 5.41) is 0. The lowest BCUT2D eigenvalue weighted by molar-refractivity contribution is -0.148.